The van der Waals surface area contributed by atoms with Gasteiger partial charge >= 0.3 is 0 Å². The van der Waals surface area contributed by atoms with E-state index in [9.17, 15) is 14.4 Å². The van der Waals surface area contributed by atoms with Gasteiger partial charge in [-0.15, -0.1) is 11.8 Å². The highest BCUT2D eigenvalue weighted by molar-refractivity contribution is 7.99. The fraction of sp³-hybridized carbons (Fsp3) is 0.250. The molecular formula is C20H21N3O3S. The fourth-order valence-corrected chi connectivity index (χ4v) is 3.58. The standard InChI is InChI=1S/C20H21N3O3S/c1-13-7-8-15(11-14(13)2)27-10-9-21-18(24)12-23-20(26)17-6-4-3-5-16(17)19(25)22-23/h3-8,11H,9-10,12H2,1-2H3,(H,21,24)(H,22,25). The Morgan fingerprint density at radius 2 is 1.81 bits per heavy atom. The molecule has 3 rings (SSSR count). The molecule has 6 nitrogen and oxygen atoms in total. The van der Waals surface area contributed by atoms with Crippen LogP contribution in [0.2, 0.25) is 0 Å². The number of rotatable bonds is 6. The van der Waals surface area contributed by atoms with E-state index >= 15 is 0 Å². The number of benzene rings is 2. The van der Waals surface area contributed by atoms with Gasteiger partial charge in [0.2, 0.25) is 5.91 Å². The van der Waals surface area contributed by atoms with Gasteiger partial charge in [-0.1, -0.05) is 18.2 Å². The van der Waals surface area contributed by atoms with E-state index in [1.54, 1.807) is 36.0 Å². The van der Waals surface area contributed by atoms with Crippen molar-refractivity contribution in [3.63, 3.8) is 0 Å². The zero-order valence-electron chi connectivity index (χ0n) is 15.2. The Morgan fingerprint density at radius 1 is 1.07 bits per heavy atom. The Morgan fingerprint density at radius 3 is 2.56 bits per heavy atom. The molecule has 2 N–H and O–H groups in total. The molecular weight excluding hydrogens is 362 g/mol. The average Bonchev–Trinajstić information content (AvgIpc) is 2.66. The first-order valence-electron chi connectivity index (χ1n) is 8.64. The molecule has 0 saturated heterocycles. The van der Waals surface area contributed by atoms with Crippen LogP contribution in [0.1, 0.15) is 11.1 Å². The van der Waals surface area contributed by atoms with Gasteiger partial charge in [-0.05, 0) is 49.2 Å². The Hall–Kier alpha value is -2.80. The van der Waals surface area contributed by atoms with Crippen molar-refractivity contribution in [1.82, 2.24) is 15.1 Å². The lowest BCUT2D eigenvalue weighted by molar-refractivity contribution is -0.121. The molecule has 1 amide bonds. The van der Waals surface area contributed by atoms with Gasteiger partial charge in [0.25, 0.3) is 11.1 Å². The monoisotopic (exact) mass is 383 g/mol. The maximum atomic E-state index is 12.4. The molecule has 0 aliphatic carbocycles. The van der Waals surface area contributed by atoms with Crippen LogP contribution in [0.3, 0.4) is 0 Å². The third-order valence-corrected chi connectivity index (χ3v) is 5.35. The number of amides is 1. The maximum Gasteiger partial charge on any atom is 0.273 e. The van der Waals surface area contributed by atoms with Crippen molar-refractivity contribution in [3.8, 4) is 0 Å². The van der Waals surface area contributed by atoms with Gasteiger partial charge in [0, 0.05) is 17.2 Å². The van der Waals surface area contributed by atoms with Crippen LogP contribution in [0.25, 0.3) is 10.8 Å². The lowest BCUT2D eigenvalue weighted by atomic mass is 10.1. The van der Waals surface area contributed by atoms with E-state index in [4.69, 9.17) is 0 Å². The van der Waals surface area contributed by atoms with Crippen molar-refractivity contribution in [3.05, 3.63) is 74.3 Å². The van der Waals surface area contributed by atoms with E-state index in [2.05, 4.69) is 42.5 Å². The molecule has 2 aromatic carbocycles. The van der Waals surface area contributed by atoms with E-state index in [1.807, 2.05) is 0 Å². The highest BCUT2D eigenvalue weighted by atomic mass is 32.2. The molecule has 1 aromatic heterocycles. The lowest BCUT2D eigenvalue weighted by Gasteiger charge is -2.09. The van der Waals surface area contributed by atoms with E-state index in [1.165, 1.54) is 11.1 Å². The highest BCUT2D eigenvalue weighted by Gasteiger charge is 2.09. The number of carbonyl (C=O) groups excluding carboxylic acids is 1. The van der Waals surface area contributed by atoms with Crippen LogP contribution in [0, 0.1) is 13.8 Å². The number of hydrogen-bond donors (Lipinski definition) is 2. The van der Waals surface area contributed by atoms with Crippen LogP contribution in [-0.2, 0) is 11.3 Å². The Bertz CT molecular complexity index is 1100. The summed E-state index contributed by atoms with van der Waals surface area (Å²) in [5.74, 6) is 0.404. The van der Waals surface area contributed by atoms with Gasteiger partial charge in [0.05, 0.1) is 10.8 Å². The normalized spacial score (nSPS) is 10.9. The van der Waals surface area contributed by atoms with E-state index in [-0.39, 0.29) is 23.6 Å². The highest BCUT2D eigenvalue weighted by Crippen LogP contribution is 2.20. The van der Waals surface area contributed by atoms with Gasteiger partial charge in [-0.3, -0.25) is 19.5 Å². The van der Waals surface area contributed by atoms with Crippen LogP contribution < -0.4 is 16.4 Å². The van der Waals surface area contributed by atoms with Gasteiger partial charge in [0.1, 0.15) is 6.54 Å². The second kappa shape index (κ2) is 8.26. The Labute approximate surface area is 160 Å². The van der Waals surface area contributed by atoms with Crippen molar-refractivity contribution in [2.75, 3.05) is 12.3 Å². The molecule has 1 heterocycles. The number of nitrogens with zero attached hydrogens (tertiary/aromatic N) is 1. The van der Waals surface area contributed by atoms with Crippen LogP contribution in [0.5, 0.6) is 0 Å². The van der Waals surface area contributed by atoms with Crippen molar-refractivity contribution in [2.24, 2.45) is 0 Å². The first-order chi connectivity index (χ1) is 13.0. The first kappa shape index (κ1) is 19.0. The minimum Gasteiger partial charge on any atom is -0.354 e. The molecule has 0 aliphatic rings. The van der Waals surface area contributed by atoms with E-state index < -0.39 is 0 Å². The van der Waals surface area contributed by atoms with Crippen LogP contribution in [0.15, 0.2) is 56.9 Å². The zero-order valence-corrected chi connectivity index (χ0v) is 16.1. The molecule has 0 spiro atoms. The fourth-order valence-electron chi connectivity index (χ4n) is 2.72. The summed E-state index contributed by atoms with van der Waals surface area (Å²) in [7, 11) is 0. The van der Waals surface area contributed by atoms with Crippen molar-refractivity contribution in [2.45, 2.75) is 25.3 Å². The quantitative estimate of drug-likeness (QED) is 0.505. The molecule has 0 unspecified atom stereocenters. The predicted molar refractivity (Wildman–Crippen MR) is 108 cm³/mol. The van der Waals surface area contributed by atoms with E-state index in [0.717, 1.165) is 15.3 Å². The molecule has 140 valence electrons. The maximum absolute atomic E-state index is 12.4. The average molecular weight is 383 g/mol. The molecule has 0 atom stereocenters. The number of aromatic amines is 1. The number of aromatic nitrogens is 2. The van der Waals surface area contributed by atoms with Crippen molar-refractivity contribution >= 4 is 28.4 Å². The number of hydrogen-bond acceptors (Lipinski definition) is 4. The SMILES string of the molecule is Cc1ccc(SCCNC(=O)Cn2[nH]c(=O)c3ccccc3c2=O)cc1C. The lowest BCUT2D eigenvalue weighted by Crippen LogP contribution is -2.37. The van der Waals surface area contributed by atoms with Gasteiger partial charge in [-0.25, -0.2) is 4.68 Å². The predicted octanol–water partition coefficient (Wildman–Crippen LogP) is 2.22. The number of aryl methyl sites for hydroxylation is 2. The molecule has 27 heavy (non-hydrogen) atoms. The Kier molecular flexibility index (Phi) is 5.81. The van der Waals surface area contributed by atoms with Crippen molar-refractivity contribution in [1.29, 1.82) is 0 Å². The molecule has 0 bridgehead atoms. The largest absolute Gasteiger partial charge is 0.354 e. The number of fused-ring (bicyclic) bond motifs is 1. The van der Waals surface area contributed by atoms with Gasteiger partial charge in [-0.2, -0.15) is 0 Å². The number of nitrogens with one attached hydrogen (secondary N) is 2. The van der Waals surface area contributed by atoms with Crippen LogP contribution in [0.4, 0.5) is 0 Å². The van der Waals surface area contributed by atoms with Crippen LogP contribution in [-0.4, -0.2) is 28.0 Å². The molecule has 0 saturated carbocycles. The summed E-state index contributed by atoms with van der Waals surface area (Å²) in [5, 5.41) is 5.87. The second-order valence-electron chi connectivity index (χ2n) is 6.32. The molecule has 0 aliphatic heterocycles. The Balaban J connectivity index is 1.57. The molecule has 7 heteroatoms. The summed E-state index contributed by atoms with van der Waals surface area (Å²) in [5.41, 5.74) is 1.72. The van der Waals surface area contributed by atoms with Gasteiger partial charge in [0.15, 0.2) is 0 Å². The second-order valence-corrected chi connectivity index (χ2v) is 7.49. The summed E-state index contributed by atoms with van der Waals surface area (Å²) in [4.78, 5) is 37.7. The van der Waals surface area contributed by atoms with E-state index in [0.29, 0.717) is 17.3 Å². The number of carbonyl (C=O) groups is 1. The third kappa shape index (κ3) is 4.49. The first-order valence-corrected chi connectivity index (χ1v) is 9.63. The number of H-pyrrole nitrogens is 1. The summed E-state index contributed by atoms with van der Waals surface area (Å²) in [6, 6.07) is 12.8. The molecule has 0 fully saturated rings. The summed E-state index contributed by atoms with van der Waals surface area (Å²) < 4.78 is 1.05. The minimum absolute atomic E-state index is 0.215. The summed E-state index contributed by atoms with van der Waals surface area (Å²) in [6.45, 7) is 4.41. The van der Waals surface area contributed by atoms with Gasteiger partial charge < -0.3 is 5.32 Å². The topological polar surface area (TPSA) is 84.0 Å². The molecule has 3 aromatic rings. The molecule has 0 radical (unpaired) electrons. The van der Waals surface area contributed by atoms with Crippen molar-refractivity contribution < 1.29 is 4.79 Å². The summed E-state index contributed by atoms with van der Waals surface area (Å²) >= 11 is 1.66. The summed E-state index contributed by atoms with van der Waals surface area (Å²) in [6.07, 6.45) is 0. The smallest absolute Gasteiger partial charge is 0.273 e. The minimum atomic E-state index is -0.386. The number of thioether (sulfide) groups is 1. The van der Waals surface area contributed by atoms with Crippen LogP contribution >= 0.6 is 11.8 Å². The zero-order chi connectivity index (χ0) is 19.4. The third-order valence-electron chi connectivity index (χ3n) is 4.36.